The molecule has 0 spiro atoms. The van der Waals surface area contributed by atoms with Gasteiger partial charge in [-0.1, -0.05) is 38.1 Å². The van der Waals surface area contributed by atoms with Crippen LogP contribution in [0, 0.1) is 17.6 Å². The van der Waals surface area contributed by atoms with E-state index in [1.54, 1.807) is 31.7 Å². The monoisotopic (exact) mass is 640 g/mol. The third-order valence-electron chi connectivity index (χ3n) is 8.73. The van der Waals surface area contributed by atoms with E-state index in [4.69, 9.17) is 19.9 Å². The number of thioether (sulfide) groups is 1. The summed E-state index contributed by atoms with van der Waals surface area (Å²) in [6.45, 7) is 7.13. The van der Waals surface area contributed by atoms with E-state index < -0.39 is 53.0 Å². The zero-order valence-corrected chi connectivity index (χ0v) is 26.1. The van der Waals surface area contributed by atoms with Gasteiger partial charge in [0.25, 0.3) is 5.91 Å². The Morgan fingerprint density at radius 2 is 1.87 bits per heavy atom. The average molecular weight is 641 g/mol. The maximum atomic E-state index is 15.4. The van der Waals surface area contributed by atoms with Gasteiger partial charge in [-0.3, -0.25) is 19.3 Å². The highest BCUT2D eigenvalue weighted by Gasteiger charge is 2.47. The maximum Gasteiger partial charge on any atom is 0.329 e. The molecule has 0 saturated carbocycles. The van der Waals surface area contributed by atoms with Crippen molar-refractivity contribution in [3.63, 3.8) is 0 Å². The van der Waals surface area contributed by atoms with Crippen LogP contribution in [0.3, 0.4) is 0 Å². The van der Waals surface area contributed by atoms with Crippen molar-refractivity contribution in [2.75, 3.05) is 24.8 Å². The molecule has 2 N–H and O–H groups in total. The number of nitrogens with two attached hydrogens (primary N) is 1. The number of halogens is 2. The average Bonchev–Trinajstić information content (AvgIpc) is 3.18. The minimum Gasteiger partial charge on any atom is -0.448 e. The molecular formula is C32H34F2N4O6S. The molecular weight excluding hydrogens is 606 g/mol. The lowest BCUT2D eigenvalue weighted by molar-refractivity contribution is -0.169. The molecule has 1 unspecified atom stereocenters. The number of fused-ring (bicyclic) bond motifs is 4. The number of benzene rings is 2. The highest BCUT2D eigenvalue weighted by molar-refractivity contribution is 7.98. The molecule has 6 rings (SSSR count). The minimum absolute atomic E-state index is 0.0959. The summed E-state index contributed by atoms with van der Waals surface area (Å²) < 4.78 is 48.7. The number of nitrogens with zero attached hydrogens (tertiary/aromatic N) is 3. The molecule has 4 atom stereocenters. The second-order valence-electron chi connectivity index (χ2n) is 11.8. The number of aromatic nitrogens is 1. The van der Waals surface area contributed by atoms with Crippen molar-refractivity contribution < 1.29 is 32.6 Å². The predicted molar refractivity (Wildman–Crippen MR) is 162 cm³/mol. The van der Waals surface area contributed by atoms with Crippen LogP contribution in [-0.4, -0.2) is 59.2 Å². The fraction of sp³-hybridized carbons (Fsp3) is 0.406. The van der Waals surface area contributed by atoms with E-state index in [1.807, 2.05) is 29.3 Å². The fourth-order valence-electron chi connectivity index (χ4n) is 5.79. The Hall–Kier alpha value is -3.94. The van der Waals surface area contributed by atoms with Crippen LogP contribution in [0.2, 0.25) is 0 Å². The maximum absolute atomic E-state index is 15.4. The molecule has 238 valence electrons. The molecule has 1 aromatic heterocycles. The normalized spacial score (nSPS) is 21.1. The number of amides is 1. The highest BCUT2D eigenvalue weighted by Crippen LogP contribution is 2.45. The first kappa shape index (κ1) is 31.1. The zero-order chi connectivity index (χ0) is 32.2. The van der Waals surface area contributed by atoms with Crippen LogP contribution in [0.15, 0.2) is 58.4 Å². The first-order valence-electron chi connectivity index (χ1n) is 14.7. The summed E-state index contributed by atoms with van der Waals surface area (Å²) in [6.07, 6.45) is -0.480. The van der Waals surface area contributed by atoms with Crippen LogP contribution in [0.1, 0.15) is 60.9 Å². The van der Waals surface area contributed by atoms with Gasteiger partial charge in [0.05, 0.1) is 19.3 Å². The number of esters is 1. The van der Waals surface area contributed by atoms with Crippen LogP contribution in [0.25, 0.3) is 0 Å². The molecule has 0 bridgehead atoms. The van der Waals surface area contributed by atoms with Crippen molar-refractivity contribution in [2.45, 2.75) is 62.4 Å². The molecule has 3 aliphatic rings. The molecule has 13 heteroatoms. The molecule has 10 nitrogen and oxygen atoms in total. The van der Waals surface area contributed by atoms with Gasteiger partial charge in [-0.2, -0.15) is 0 Å². The molecule has 3 aromatic rings. The summed E-state index contributed by atoms with van der Waals surface area (Å²) >= 11 is 1.39. The van der Waals surface area contributed by atoms with Gasteiger partial charge in [-0.05, 0) is 36.1 Å². The number of hydrogen-bond acceptors (Lipinski definition) is 9. The van der Waals surface area contributed by atoms with Crippen LogP contribution in [-0.2, 0) is 20.0 Å². The van der Waals surface area contributed by atoms with Gasteiger partial charge < -0.3 is 24.8 Å². The quantitative estimate of drug-likeness (QED) is 0.316. The van der Waals surface area contributed by atoms with Crippen LogP contribution < -0.4 is 20.9 Å². The van der Waals surface area contributed by atoms with E-state index >= 15 is 4.39 Å². The number of carbonyl (C=O) groups excluding carboxylic acids is 2. The number of pyridine rings is 1. The Kier molecular flexibility index (Phi) is 8.12. The molecule has 3 aliphatic heterocycles. The SMILES string of the molecule is CC(OC(=O)[C@](C)(N)C(C)C)Oc1c2n(ccc1=O)N([C@@H]1c3ccccc3SCc3c1ccc(F)c3F)[C@@H]1COCCN1C2=O. The number of rotatable bonds is 6. The first-order valence-corrected chi connectivity index (χ1v) is 15.7. The Bertz CT molecular complexity index is 1730. The molecule has 45 heavy (non-hydrogen) atoms. The number of hydrogen-bond donors (Lipinski definition) is 1. The van der Waals surface area contributed by atoms with E-state index in [9.17, 15) is 18.8 Å². The number of carbonyl (C=O) groups is 2. The minimum atomic E-state index is -1.32. The smallest absolute Gasteiger partial charge is 0.329 e. The van der Waals surface area contributed by atoms with Crippen molar-refractivity contribution in [2.24, 2.45) is 11.7 Å². The Labute approximate surface area is 263 Å². The standard InChI is InChI=1S/C32H34F2N4O6S/c1-17(2)32(4,35)31(41)44-18(3)43-29-23(39)11-12-37-28(29)30(40)36-13-14-42-15-25(36)38(37)27-19-9-10-22(33)26(34)21(19)16-45-24-8-6-5-7-20(24)27/h5-12,17-18,25,27H,13-16,35H2,1-4H3/t18?,25-,27+,32-/m1/s1. The lowest BCUT2D eigenvalue weighted by Crippen LogP contribution is -2.66. The van der Waals surface area contributed by atoms with Gasteiger partial charge in [-0.15, -0.1) is 11.8 Å². The van der Waals surface area contributed by atoms with E-state index in [0.717, 1.165) is 16.5 Å². The summed E-state index contributed by atoms with van der Waals surface area (Å²) in [4.78, 5) is 42.7. The lowest BCUT2D eigenvalue weighted by Gasteiger charge is -2.51. The van der Waals surface area contributed by atoms with Gasteiger partial charge in [0.15, 0.2) is 17.3 Å². The molecule has 1 saturated heterocycles. The second-order valence-corrected chi connectivity index (χ2v) is 12.8. The predicted octanol–water partition coefficient (Wildman–Crippen LogP) is 3.91. The third-order valence-corrected chi connectivity index (χ3v) is 9.84. The molecule has 0 aliphatic carbocycles. The third kappa shape index (κ3) is 5.26. The molecule has 1 fully saturated rings. The van der Waals surface area contributed by atoms with Gasteiger partial charge in [0, 0.05) is 41.9 Å². The summed E-state index contributed by atoms with van der Waals surface area (Å²) in [5.41, 5.74) is 5.67. The second kappa shape index (κ2) is 11.8. The van der Waals surface area contributed by atoms with Crippen LogP contribution in [0.4, 0.5) is 8.78 Å². The highest BCUT2D eigenvalue weighted by atomic mass is 32.2. The van der Waals surface area contributed by atoms with Gasteiger partial charge >= 0.3 is 5.97 Å². The number of ether oxygens (including phenoxy) is 3. The summed E-state index contributed by atoms with van der Waals surface area (Å²) in [5.74, 6) is -3.48. The summed E-state index contributed by atoms with van der Waals surface area (Å²) in [6, 6.07) is 10.7. The van der Waals surface area contributed by atoms with E-state index in [0.29, 0.717) is 5.56 Å². The van der Waals surface area contributed by atoms with Crippen molar-refractivity contribution in [3.8, 4) is 5.75 Å². The zero-order valence-electron chi connectivity index (χ0n) is 25.3. The molecule has 4 heterocycles. The van der Waals surface area contributed by atoms with Crippen molar-refractivity contribution in [3.05, 3.63) is 92.9 Å². The largest absolute Gasteiger partial charge is 0.448 e. The van der Waals surface area contributed by atoms with E-state index in [2.05, 4.69) is 0 Å². The first-order chi connectivity index (χ1) is 21.4. The number of morpholine rings is 1. The van der Waals surface area contributed by atoms with Crippen molar-refractivity contribution in [1.29, 1.82) is 0 Å². The van der Waals surface area contributed by atoms with Gasteiger partial charge in [0.1, 0.15) is 11.7 Å². The summed E-state index contributed by atoms with van der Waals surface area (Å²) in [5, 5.41) is 1.84. The Morgan fingerprint density at radius 1 is 1.11 bits per heavy atom. The van der Waals surface area contributed by atoms with Crippen molar-refractivity contribution in [1.82, 2.24) is 9.58 Å². The molecule has 1 amide bonds. The molecule has 0 radical (unpaired) electrons. The van der Waals surface area contributed by atoms with Crippen molar-refractivity contribution >= 4 is 23.6 Å². The summed E-state index contributed by atoms with van der Waals surface area (Å²) in [7, 11) is 0. The Balaban J connectivity index is 1.52. The van der Waals surface area contributed by atoms with Gasteiger partial charge in [0.2, 0.25) is 17.5 Å². The Morgan fingerprint density at radius 3 is 2.62 bits per heavy atom. The molecule has 2 aromatic carbocycles. The van der Waals surface area contributed by atoms with E-state index in [-0.39, 0.29) is 48.4 Å². The van der Waals surface area contributed by atoms with E-state index in [1.165, 1.54) is 35.6 Å². The topological polar surface area (TPSA) is 116 Å². The lowest BCUT2D eigenvalue weighted by atomic mass is 9.90. The van der Waals surface area contributed by atoms with Crippen LogP contribution in [0.5, 0.6) is 5.75 Å². The fourth-order valence-corrected chi connectivity index (χ4v) is 6.90. The van der Waals surface area contributed by atoms with Crippen LogP contribution >= 0.6 is 11.8 Å². The van der Waals surface area contributed by atoms with Gasteiger partial charge in [-0.25, -0.2) is 13.6 Å².